The van der Waals surface area contributed by atoms with Crippen molar-refractivity contribution in [2.45, 2.75) is 31.6 Å². The van der Waals surface area contributed by atoms with Gasteiger partial charge < -0.3 is 0 Å². The second kappa shape index (κ2) is 6.36. The first-order valence-electron chi connectivity index (χ1n) is 6.65. The van der Waals surface area contributed by atoms with Crippen LogP contribution in [-0.2, 0) is 16.4 Å². The van der Waals surface area contributed by atoms with E-state index in [0.717, 1.165) is 11.3 Å². The van der Waals surface area contributed by atoms with Gasteiger partial charge in [0.25, 0.3) is 0 Å². The number of aromatic amines is 1. The molecule has 21 heavy (non-hydrogen) atoms. The van der Waals surface area contributed by atoms with Crippen LogP contribution in [0.1, 0.15) is 23.2 Å². The summed E-state index contributed by atoms with van der Waals surface area (Å²) in [6, 6.07) is 4.03. The molecule has 0 unspecified atom stereocenters. The predicted octanol–water partition coefficient (Wildman–Crippen LogP) is 2.08. The monoisotopic (exact) mass is 311 g/mol. The van der Waals surface area contributed by atoms with Crippen molar-refractivity contribution >= 4 is 10.0 Å². The largest absolute Gasteiger partial charge is 0.283 e. The quantitative estimate of drug-likeness (QED) is 0.802. The van der Waals surface area contributed by atoms with Crippen molar-refractivity contribution in [3.63, 3.8) is 0 Å². The second-order valence-electron chi connectivity index (χ2n) is 4.96. The third-order valence-corrected chi connectivity index (χ3v) is 4.70. The molecule has 0 aliphatic carbocycles. The smallest absolute Gasteiger partial charge is 0.243 e. The fourth-order valence-corrected chi connectivity index (χ4v) is 3.24. The molecule has 2 N–H and O–H groups in total. The molecule has 2 rings (SSSR count). The zero-order valence-electron chi connectivity index (χ0n) is 12.0. The molecule has 0 radical (unpaired) electrons. The number of nitrogens with one attached hydrogen (secondary N) is 2. The highest BCUT2D eigenvalue weighted by molar-refractivity contribution is 7.89. The number of H-pyrrole nitrogens is 1. The minimum atomic E-state index is -3.81. The molecule has 1 aromatic heterocycles. The zero-order chi connectivity index (χ0) is 15.5. The van der Waals surface area contributed by atoms with Crippen LogP contribution in [0.3, 0.4) is 0 Å². The Kier molecular flexibility index (Phi) is 4.74. The van der Waals surface area contributed by atoms with Gasteiger partial charge in [0, 0.05) is 12.2 Å². The van der Waals surface area contributed by atoms with Crippen LogP contribution in [0.15, 0.2) is 29.3 Å². The number of sulfonamides is 1. The highest BCUT2D eigenvalue weighted by atomic mass is 32.2. The molecule has 0 saturated carbocycles. The number of rotatable bonds is 6. The zero-order valence-corrected chi connectivity index (χ0v) is 12.8. The Balaban J connectivity index is 1.95. The molecule has 0 aliphatic rings. The lowest BCUT2D eigenvalue weighted by molar-refractivity contribution is 0.555. The Morgan fingerprint density at radius 3 is 2.76 bits per heavy atom. The minimum Gasteiger partial charge on any atom is -0.283 e. The summed E-state index contributed by atoms with van der Waals surface area (Å²) in [6.07, 6.45) is 3.05. The summed E-state index contributed by atoms with van der Waals surface area (Å²) in [7, 11) is -3.81. The van der Waals surface area contributed by atoms with Crippen molar-refractivity contribution in [1.29, 1.82) is 0 Å². The molecule has 0 atom stereocenters. The molecular weight excluding hydrogens is 293 g/mol. The van der Waals surface area contributed by atoms with E-state index in [1.54, 1.807) is 13.1 Å². The van der Waals surface area contributed by atoms with Gasteiger partial charge in [-0.15, -0.1) is 0 Å². The van der Waals surface area contributed by atoms with E-state index in [2.05, 4.69) is 14.9 Å². The van der Waals surface area contributed by atoms with Gasteiger partial charge in [-0.1, -0.05) is 6.07 Å². The Bertz CT molecular complexity index is 726. The van der Waals surface area contributed by atoms with E-state index < -0.39 is 15.8 Å². The van der Waals surface area contributed by atoms with Crippen LogP contribution in [0, 0.1) is 19.7 Å². The highest BCUT2D eigenvalue weighted by Crippen LogP contribution is 2.16. The van der Waals surface area contributed by atoms with E-state index in [-0.39, 0.29) is 11.4 Å². The molecule has 0 spiro atoms. The first-order valence-corrected chi connectivity index (χ1v) is 8.13. The van der Waals surface area contributed by atoms with Gasteiger partial charge >= 0.3 is 0 Å². The van der Waals surface area contributed by atoms with Gasteiger partial charge in [-0.25, -0.2) is 17.5 Å². The average molecular weight is 311 g/mol. The molecule has 5 nitrogen and oxygen atoms in total. The van der Waals surface area contributed by atoms with Crippen LogP contribution in [0.5, 0.6) is 0 Å². The Morgan fingerprint density at radius 2 is 2.10 bits per heavy atom. The van der Waals surface area contributed by atoms with Crippen molar-refractivity contribution in [3.8, 4) is 0 Å². The van der Waals surface area contributed by atoms with Gasteiger partial charge in [-0.05, 0) is 49.9 Å². The number of hydrogen-bond donors (Lipinski definition) is 2. The van der Waals surface area contributed by atoms with Gasteiger partial charge in [0.2, 0.25) is 10.0 Å². The highest BCUT2D eigenvalue weighted by Gasteiger charge is 2.18. The fourth-order valence-electron chi connectivity index (χ4n) is 2.01. The van der Waals surface area contributed by atoms with E-state index in [1.165, 1.54) is 18.2 Å². The third kappa shape index (κ3) is 3.89. The van der Waals surface area contributed by atoms with Gasteiger partial charge in [-0.3, -0.25) is 5.10 Å². The van der Waals surface area contributed by atoms with Crippen LogP contribution < -0.4 is 4.72 Å². The normalized spacial score (nSPS) is 11.8. The van der Waals surface area contributed by atoms with Gasteiger partial charge in [0.1, 0.15) is 10.7 Å². The van der Waals surface area contributed by atoms with Crippen LogP contribution in [-0.4, -0.2) is 25.2 Å². The molecule has 7 heteroatoms. The third-order valence-electron chi connectivity index (χ3n) is 3.23. The molecular formula is C14H18FN3O2S. The second-order valence-corrected chi connectivity index (χ2v) is 6.69. The Morgan fingerprint density at radius 1 is 1.33 bits per heavy atom. The van der Waals surface area contributed by atoms with Crippen LogP contribution in [0.4, 0.5) is 4.39 Å². The summed E-state index contributed by atoms with van der Waals surface area (Å²) in [5.74, 6) is -0.737. The number of hydrogen-bond acceptors (Lipinski definition) is 3. The van der Waals surface area contributed by atoms with Gasteiger partial charge in [0.15, 0.2) is 0 Å². The van der Waals surface area contributed by atoms with Crippen molar-refractivity contribution < 1.29 is 12.8 Å². The molecule has 0 amide bonds. The molecule has 1 aromatic carbocycles. The maximum Gasteiger partial charge on any atom is 0.243 e. The standard InChI is InChI=1S/C14H18FN3O2S/c1-10-5-6-13(15)14(8-10)21(19,20)17-7-3-4-12-9-16-18-11(12)2/h5-6,8-9,17H,3-4,7H2,1-2H3,(H,16,18). The fraction of sp³-hybridized carbons (Fsp3) is 0.357. The van der Waals surface area contributed by atoms with E-state index in [0.29, 0.717) is 18.4 Å². The van der Waals surface area contributed by atoms with Crippen molar-refractivity contribution in [2.24, 2.45) is 0 Å². The maximum atomic E-state index is 13.6. The number of benzene rings is 1. The first kappa shape index (κ1) is 15.7. The summed E-state index contributed by atoms with van der Waals surface area (Å²) in [5.41, 5.74) is 2.73. The van der Waals surface area contributed by atoms with E-state index in [9.17, 15) is 12.8 Å². The SMILES string of the molecule is Cc1ccc(F)c(S(=O)(=O)NCCCc2cn[nH]c2C)c1. The van der Waals surface area contributed by atoms with Crippen LogP contribution >= 0.6 is 0 Å². The lowest BCUT2D eigenvalue weighted by Crippen LogP contribution is -2.26. The maximum absolute atomic E-state index is 13.6. The number of aromatic nitrogens is 2. The summed E-state index contributed by atoms with van der Waals surface area (Å²) in [5, 5.41) is 6.73. The van der Waals surface area contributed by atoms with Crippen LogP contribution in [0.25, 0.3) is 0 Å². The van der Waals surface area contributed by atoms with E-state index >= 15 is 0 Å². The molecule has 0 bridgehead atoms. The topological polar surface area (TPSA) is 74.8 Å². The summed E-state index contributed by atoms with van der Waals surface area (Å²) in [6.45, 7) is 3.88. The van der Waals surface area contributed by atoms with Crippen LogP contribution in [0.2, 0.25) is 0 Å². The first-order chi connectivity index (χ1) is 9.90. The summed E-state index contributed by atoms with van der Waals surface area (Å²) < 4.78 is 40.2. The molecule has 0 saturated heterocycles. The number of nitrogens with zero attached hydrogens (tertiary/aromatic N) is 1. The molecule has 0 aliphatic heterocycles. The van der Waals surface area contributed by atoms with Crippen molar-refractivity contribution in [1.82, 2.24) is 14.9 Å². The molecule has 0 fully saturated rings. The van der Waals surface area contributed by atoms with Crippen molar-refractivity contribution in [2.75, 3.05) is 6.54 Å². The summed E-state index contributed by atoms with van der Waals surface area (Å²) >= 11 is 0. The predicted molar refractivity (Wildman–Crippen MR) is 78.0 cm³/mol. The Labute approximate surface area is 123 Å². The number of aryl methyl sites for hydroxylation is 3. The molecule has 1 heterocycles. The van der Waals surface area contributed by atoms with Gasteiger partial charge in [0.05, 0.1) is 6.20 Å². The lowest BCUT2D eigenvalue weighted by Gasteiger charge is -2.08. The molecule has 114 valence electrons. The number of halogens is 1. The summed E-state index contributed by atoms with van der Waals surface area (Å²) in [4.78, 5) is -0.304. The van der Waals surface area contributed by atoms with Gasteiger partial charge in [-0.2, -0.15) is 5.10 Å². The lowest BCUT2D eigenvalue weighted by atomic mass is 10.1. The molecule has 2 aromatic rings. The van der Waals surface area contributed by atoms with E-state index in [1.807, 2.05) is 6.92 Å². The average Bonchev–Trinajstić information content (AvgIpc) is 2.83. The van der Waals surface area contributed by atoms with E-state index in [4.69, 9.17) is 0 Å². The Hall–Kier alpha value is -1.73. The van der Waals surface area contributed by atoms with Crippen molar-refractivity contribution in [3.05, 3.63) is 47.0 Å². The minimum absolute atomic E-state index is 0.250.